The van der Waals surface area contributed by atoms with Crippen LogP contribution in [0.1, 0.15) is 33.3 Å². The monoisotopic (exact) mass is 776 g/mol. The number of halogens is 2. The fraction of sp³-hybridized carbons (Fsp3) is 0.0909. The molecule has 0 N–H and O–H groups in total. The zero-order chi connectivity index (χ0) is 31.3. The molecule has 0 radical (unpaired) electrons. The SMILES string of the molecule is C[Si](C)(C1c2ccccc2-c2c1c1[c-]cccc1n2-c1ccccc1)C1c2ccccc2-c2c1c1[c-]cccc1n2-c1ccccc1.[Cl-].[Cl-].[Zr+4]. The van der Waals surface area contributed by atoms with E-state index in [1.54, 1.807) is 0 Å². The number of aromatic nitrogens is 2. The standard InChI is InChI=1S/C44H32N2Si.2ClH.Zr/c1-47(2,43-33-23-11-9-21-31(33)41-39(43)35-25-13-15-27-37(35)45(41)29-17-5-3-6-18-29)44-34-24-12-10-22-32(34)42-40(44)36-26-14-16-28-38(36)46(42)30-19-7-4-8-20-30;;;/h3-24,27-28,43-44H,1-2H3;2*1H;/q-2;;;+4/p-2. The summed E-state index contributed by atoms with van der Waals surface area (Å²) in [4.78, 5) is 0. The normalized spacial score (nSPS) is 15.3. The molecule has 6 heteroatoms. The van der Waals surface area contributed by atoms with Gasteiger partial charge in [0.2, 0.25) is 0 Å². The first-order valence-electron chi connectivity index (χ1n) is 16.5. The number of fused-ring (bicyclic) bond motifs is 10. The van der Waals surface area contributed by atoms with E-state index in [-0.39, 0.29) is 62.1 Å². The maximum Gasteiger partial charge on any atom is 4.00 e. The second-order valence-corrected chi connectivity index (χ2v) is 18.4. The van der Waals surface area contributed by atoms with Gasteiger partial charge in [-0.2, -0.15) is 0 Å². The molecule has 0 saturated heterocycles. The summed E-state index contributed by atoms with van der Waals surface area (Å²) in [6.45, 7) is 5.28. The van der Waals surface area contributed by atoms with E-state index < -0.39 is 8.07 Å². The summed E-state index contributed by atoms with van der Waals surface area (Å²) < 4.78 is 4.99. The molecular weight excluding hydrogens is 747 g/mol. The van der Waals surface area contributed by atoms with E-state index in [9.17, 15) is 0 Å². The van der Waals surface area contributed by atoms with Gasteiger partial charge in [0.25, 0.3) is 0 Å². The van der Waals surface area contributed by atoms with Crippen molar-refractivity contribution in [3.8, 4) is 33.9 Å². The predicted molar refractivity (Wildman–Crippen MR) is 196 cm³/mol. The van der Waals surface area contributed by atoms with E-state index >= 15 is 0 Å². The molecule has 10 rings (SSSR count). The van der Waals surface area contributed by atoms with E-state index in [1.807, 2.05) is 0 Å². The van der Waals surface area contributed by atoms with E-state index in [0.717, 1.165) is 0 Å². The molecule has 6 aromatic carbocycles. The average Bonchev–Trinajstić information content (AvgIpc) is 3.84. The topological polar surface area (TPSA) is 9.86 Å². The molecule has 2 unspecified atom stereocenters. The van der Waals surface area contributed by atoms with Gasteiger partial charge < -0.3 is 33.9 Å². The number of rotatable bonds is 4. The maximum absolute atomic E-state index is 3.75. The largest absolute Gasteiger partial charge is 4.00 e. The molecule has 2 nitrogen and oxygen atoms in total. The summed E-state index contributed by atoms with van der Waals surface area (Å²) in [6, 6.07) is 60.6. The van der Waals surface area contributed by atoms with Crippen LogP contribution in [-0.4, -0.2) is 17.2 Å². The summed E-state index contributed by atoms with van der Waals surface area (Å²) in [6.07, 6.45) is 0. The molecule has 0 amide bonds. The fourth-order valence-corrected chi connectivity index (χ4v) is 13.6. The van der Waals surface area contributed by atoms with E-state index in [2.05, 4.69) is 180 Å². The summed E-state index contributed by atoms with van der Waals surface area (Å²) in [5, 5.41) is 2.50. The zero-order valence-electron chi connectivity index (χ0n) is 27.7. The molecule has 2 atom stereocenters. The van der Waals surface area contributed by atoms with Crippen LogP contribution in [0.15, 0.2) is 146 Å². The Morgan fingerprint density at radius 2 is 0.860 bits per heavy atom. The van der Waals surface area contributed by atoms with Gasteiger partial charge in [0.05, 0.1) is 8.07 Å². The average molecular weight is 779 g/mol. The van der Waals surface area contributed by atoms with Crippen molar-refractivity contribution in [1.29, 1.82) is 0 Å². The number of benzene rings is 6. The molecule has 0 spiro atoms. The Morgan fingerprint density at radius 1 is 0.480 bits per heavy atom. The Kier molecular flexibility index (Phi) is 8.98. The van der Waals surface area contributed by atoms with Gasteiger partial charge in [0.15, 0.2) is 0 Å². The number of hydrogen-bond acceptors (Lipinski definition) is 0. The van der Waals surface area contributed by atoms with Gasteiger partial charge >= 0.3 is 26.2 Å². The third-order valence-corrected chi connectivity index (χ3v) is 15.0. The van der Waals surface area contributed by atoms with Crippen LogP contribution in [0.2, 0.25) is 13.1 Å². The van der Waals surface area contributed by atoms with Crippen molar-refractivity contribution in [2.24, 2.45) is 0 Å². The molecule has 8 aromatic rings. The van der Waals surface area contributed by atoms with Crippen LogP contribution >= 0.6 is 0 Å². The molecule has 0 aliphatic heterocycles. The Morgan fingerprint density at radius 3 is 1.28 bits per heavy atom. The summed E-state index contributed by atoms with van der Waals surface area (Å²) in [7, 11) is -2.32. The molecule has 0 bridgehead atoms. The second kappa shape index (κ2) is 13.0. The van der Waals surface area contributed by atoms with Crippen molar-refractivity contribution in [3.05, 3.63) is 180 Å². The summed E-state index contributed by atoms with van der Waals surface area (Å²) in [5.41, 5.74) is 16.6. The fourth-order valence-electron chi connectivity index (χ4n) is 9.11. The van der Waals surface area contributed by atoms with E-state index in [4.69, 9.17) is 0 Å². The van der Waals surface area contributed by atoms with E-state index in [1.165, 1.54) is 77.9 Å². The van der Waals surface area contributed by atoms with Crippen LogP contribution in [-0.2, 0) is 26.2 Å². The molecule has 2 aliphatic carbocycles. The molecule has 0 saturated carbocycles. The van der Waals surface area contributed by atoms with Gasteiger partial charge in [0.1, 0.15) is 0 Å². The van der Waals surface area contributed by atoms with Crippen molar-refractivity contribution in [1.82, 2.24) is 9.13 Å². The van der Waals surface area contributed by atoms with Crippen molar-refractivity contribution < 1.29 is 51.0 Å². The van der Waals surface area contributed by atoms with Crippen LogP contribution in [0.25, 0.3) is 55.7 Å². The minimum absolute atomic E-state index is 0. The Hall–Kier alpha value is -3.92. The van der Waals surface area contributed by atoms with Crippen molar-refractivity contribution in [2.75, 3.05) is 0 Å². The van der Waals surface area contributed by atoms with Gasteiger partial charge in [-0.25, -0.2) is 0 Å². The van der Waals surface area contributed by atoms with Gasteiger partial charge in [-0.05, 0) is 68.6 Å². The molecule has 2 aromatic heterocycles. The predicted octanol–water partition coefficient (Wildman–Crippen LogP) is 4.89. The maximum atomic E-state index is 3.75. The van der Waals surface area contributed by atoms with Crippen LogP contribution in [0.3, 0.4) is 0 Å². The van der Waals surface area contributed by atoms with Crippen LogP contribution in [0.4, 0.5) is 0 Å². The summed E-state index contributed by atoms with van der Waals surface area (Å²) >= 11 is 0. The first-order chi connectivity index (χ1) is 23.1. The second-order valence-electron chi connectivity index (χ2n) is 13.6. The first-order valence-corrected chi connectivity index (χ1v) is 19.7. The molecule has 2 aliphatic rings. The quantitative estimate of drug-likeness (QED) is 0.178. The van der Waals surface area contributed by atoms with Gasteiger partial charge in [-0.1, -0.05) is 109 Å². The van der Waals surface area contributed by atoms with Gasteiger partial charge in [-0.3, -0.25) is 0 Å². The van der Waals surface area contributed by atoms with Crippen LogP contribution in [0, 0.1) is 12.1 Å². The molecular formula is C44H32Cl2N2SiZr. The minimum atomic E-state index is -2.32. The molecule has 2 heterocycles. The number of hydrogen-bond donors (Lipinski definition) is 0. The Balaban J connectivity index is 0.00000131. The van der Waals surface area contributed by atoms with Crippen molar-refractivity contribution in [2.45, 2.75) is 24.2 Å². The third-order valence-electron chi connectivity index (χ3n) is 10.8. The van der Waals surface area contributed by atoms with Gasteiger partial charge in [0, 0.05) is 22.8 Å². The molecule has 50 heavy (non-hydrogen) atoms. The number of nitrogens with zero attached hydrogens (tertiary/aromatic N) is 2. The van der Waals surface area contributed by atoms with Crippen molar-refractivity contribution >= 4 is 29.9 Å². The molecule has 240 valence electrons. The van der Waals surface area contributed by atoms with Gasteiger partial charge in [-0.15, -0.1) is 59.3 Å². The van der Waals surface area contributed by atoms with Crippen molar-refractivity contribution in [3.63, 3.8) is 0 Å². The zero-order valence-corrected chi connectivity index (χ0v) is 32.6. The Labute approximate surface area is 325 Å². The van der Waals surface area contributed by atoms with E-state index in [0.29, 0.717) is 0 Å². The Bertz CT molecular complexity index is 2340. The smallest absolute Gasteiger partial charge is 1.00 e. The minimum Gasteiger partial charge on any atom is -1.00 e. The van der Waals surface area contributed by atoms with Crippen LogP contribution < -0.4 is 24.8 Å². The van der Waals surface area contributed by atoms with Crippen LogP contribution in [0.5, 0.6) is 0 Å². The third kappa shape index (κ3) is 4.69. The first kappa shape index (κ1) is 34.5. The summed E-state index contributed by atoms with van der Waals surface area (Å²) in [5.74, 6) is 0. The number of para-hydroxylation sites is 2. The molecule has 0 fully saturated rings.